The molecule has 5 nitrogen and oxygen atoms in total. The van der Waals surface area contributed by atoms with Gasteiger partial charge in [-0.1, -0.05) is 48.9 Å². The van der Waals surface area contributed by atoms with Crippen molar-refractivity contribution < 1.29 is 4.79 Å². The summed E-state index contributed by atoms with van der Waals surface area (Å²) < 4.78 is 0. The van der Waals surface area contributed by atoms with Gasteiger partial charge in [0.25, 0.3) is 5.91 Å². The van der Waals surface area contributed by atoms with Crippen LogP contribution >= 0.6 is 11.6 Å². The third-order valence-corrected chi connectivity index (χ3v) is 5.51. The number of hydrogen-bond donors (Lipinski definition) is 3. The Morgan fingerprint density at radius 2 is 1.84 bits per heavy atom. The van der Waals surface area contributed by atoms with Crippen molar-refractivity contribution in [1.82, 2.24) is 10.3 Å². The van der Waals surface area contributed by atoms with E-state index in [0.29, 0.717) is 23.1 Å². The number of rotatable bonds is 6. The zero-order valence-corrected chi connectivity index (χ0v) is 18.6. The van der Waals surface area contributed by atoms with Gasteiger partial charge in [-0.3, -0.25) is 15.1 Å². The van der Waals surface area contributed by atoms with Gasteiger partial charge in [0.1, 0.15) is 0 Å². The molecule has 0 saturated heterocycles. The van der Waals surface area contributed by atoms with Crippen LogP contribution in [0.4, 0.5) is 5.69 Å². The Hall–Kier alpha value is -3.57. The lowest BCUT2D eigenvalue weighted by atomic mass is 10.1. The molecule has 0 aliphatic heterocycles. The second-order valence-electron chi connectivity index (χ2n) is 7.48. The second kappa shape index (κ2) is 10.2. The number of halogens is 1. The maximum absolute atomic E-state index is 12.8. The summed E-state index contributed by atoms with van der Waals surface area (Å²) in [6, 6.07) is 23.1. The Bertz CT molecular complexity index is 1240. The van der Waals surface area contributed by atoms with Gasteiger partial charge >= 0.3 is 0 Å². The Kier molecular flexibility index (Phi) is 6.87. The largest absolute Gasteiger partial charge is 0.361 e. The first kappa shape index (κ1) is 21.7. The quantitative estimate of drug-likeness (QED) is 0.259. The van der Waals surface area contributed by atoms with Crippen molar-refractivity contribution in [3.63, 3.8) is 0 Å². The summed E-state index contributed by atoms with van der Waals surface area (Å²) in [6.07, 6.45) is 3.70. The number of fused-ring (bicyclic) bond motifs is 1. The second-order valence-corrected chi connectivity index (χ2v) is 7.92. The fourth-order valence-corrected chi connectivity index (χ4v) is 3.65. The molecule has 1 heterocycles. The lowest BCUT2D eigenvalue weighted by molar-refractivity contribution is 0.0977. The summed E-state index contributed by atoms with van der Waals surface area (Å²) >= 11 is 5.95. The third-order valence-electron chi connectivity index (χ3n) is 5.26. The number of nitrogens with zero attached hydrogens (tertiary/aromatic N) is 1. The van der Waals surface area contributed by atoms with Crippen LogP contribution in [0.15, 0.2) is 84.0 Å². The molecule has 32 heavy (non-hydrogen) atoms. The highest BCUT2D eigenvalue weighted by Gasteiger charge is 2.10. The van der Waals surface area contributed by atoms with Crippen LogP contribution in [-0.4, -0.2) is 23.4 Å². The number of nitrogens with one attached hydrogen (secondary N) is 3. The van der Waals surface area contributed by atoms with E-state index in [1.807, 2.05) is 30.5 Å². The molecule has 0 saturated carbocycles. The molecule has 3 aromatic carbocycles. The fourth-order valence-electron chi connectivity index (χ4n) is 3.52. The zero-order valence-electron chi connectivity index (χ0n) is 17.9. The van der Waals surface area contributed by atoms with Crippen LogP contribution in [0.1, 0.15) is 28.4 Å². The number of guanidine groups is 1. The summed E-state index contributed by atoms with van der Waals surface area (Å²) in [6.45, 7) is 2.64. The van der Waals surface area contributed by atoms with Gasteiger partial charge in [0.05, 0.1) is 0 Å². The first-order chi connectivity index (χ1) is 15.6. The number of aromatic amines is 1. The highest BCUT2D eigenvalue weighted by Crippen LogP contribution is 2.18. The van der Waals surface area contributed by atoms with Crippen LogP contribution in [0.5, 0.6) is 0 Å². The Morgan fingerprint density at radius 1 is 1.03 bits per heavy atom. The molecule has 0 spiro atoms. The average molecular weight is 445 g/mol. The molecule has 6 heteroatoms. The van der Waals surface area contributed by atoms with E-state index in [4.69, 9.17) is 11.6 Å². The van der Waals surface area contributed by atoms with Crippen molar-refractivity contribution in [1.29, 1.82) is 0 Å². The number of hydrogen-bond acceptors (Lipinski definition) is 2. The summed E-state index contributed by atoms with van der Waals surface area (Å²) in [7, 11) is 0. The lowest BCUT2D eigenvalue weighted by Gasteiger charge is -2.13. The molecule has 3 N–H and O–H groups in total. The molecule has 0 bridgehead atoms. The van der Waals surface area contributed by atoms with Crippen molar-refractivity contribution in [2.24, 2.45) is 4.99 Å². The number of amides is 1. The van der Waals surface area contributed by atoms with Gasteiger partial charge in [-0.05, 0) is 66.4 Å². The molecule has 0 aliphatic carbocycles. The van der Waals surface area contributed by atoms with Crippen LogP contribution in [0.2, 0.25) is 5.02 Å². The van der Waals surface area contributed by atoms with Crippen molar-refractivity contribution in [3.05, 3.63) is 101 Å². The number of aromatic nitrogens is 1. The minimum atomic E-state index is -0.244. The minimum absolute atomic E-state index is 0.244. The average Bonchev–Trinajstić information content (AvgIpc) is 3.22. The Labute approximate surface area is 192 Å². The van der Waals surface area contributed by atoms with E-state index in [1.54, 1.807) is 24.3 Å². The summed E-state index contributed by atoms with van der Waals surface area (Å²) in [5.74, 6) is 0.171. The smallest absolute Gasteiger partial charge is 0.257 e. The van der Waals surface area contributed by atoms with Gasteiger partial charge < -0.3 is 10.3 Å². The molecule has 1 amide bonds. The first-order valence-electron chi connectivity index (χ1n) is 10.6. The van der Waals surface area contributed by atoms with E-state index in [9.17, 15) is 4.79 Å². The Balaban J connectivity index is 1.52. The molecule has 4 rings (SSSR count). The molecule has 0 unspecified atom stereocenters. The van der Waals surface area contributed by atoms with E-state index in [0.717, 1.165) is 24.0 Å². The van der Waals surface area contributed by atoms with Gasteiger partial charge in [0, 0.05) is 39.9 Å². The maximum Gasteiger partial charge on any atom is 0.257 e. The van der Waals surface area contributed by atoms with Gasteiger partial charge in [-0.25, -0.2) is 0 Å². The van der Waals surface area contributed by atoms with Crippen molar-refractivity contribution in [3.8, 4) is 0 Å². The van der Waals surface area contributed by atoms with Crippen molar-refractivity contribution in [2.75, 3.05) is 11.9 Å². The number of anilines is 1. The minimum Gasteiger partial charge on any atom is -0.361 e. The highest BCUT2D eigenvalue weighted by atomic mass is 35.5. The first-order valence-corrected chi connectivity index (χ1v) is 11.0. The molecular formula is C26H25ClN4O. The molecule has 0 aliphatic rings. The van der Waals surface area contributed by atoms with Gasteiger partial charge in [-0.2, -0.15) is 0 Å². The summed E-state index contributed by atoms with van der Waals surface area (Å²) in [4.78, 5) is 20.7. The lowest BCUT2D eigenvalue weighted by Crippen LogP contribution is -2.36. The maximum atomic E-state index is 12.8. The normalized spacial score (nSPS) is 11.5. The number of benzene rings is 3. The molecule has 0 atom stereocenters. The fraction of sp³-hybridized carbons (Fsp3) is 0.154. The van der Waals surface area contributed by atoms with Crippen molar-refractivity contribution >= 4 is 40.1 Å². The highest BCUT2D eigenvalue weighted by molar-refractivity contribution is 6.30. The van der Waals surface area contributed by atoms with Crippen LogP contribution < -0.4 is 10.6 Å². The third kappa shape index (κ3) is 5.37. The van der Waals surface area contributed by atoms with Crippen molar-refractivity contribution in [2.45, 2.75) is 19.8 Å². The van der Waals surface area contributed by atoms with E-state index in [-0.39, 0.29) is 5.91 Å². The summed E-state index contributed by atoms with van der Waals surface area (Å²) in [5.41, 5.74) is 4.91. The molecule has 0 radical (unpaired) electrons. The number of carbonyl (C=O) groups excluding carboxylic acids is 1. The van der Waals surface area contributed by atoms with E-state index in [2.05, 4.69) is 51.8 Å². The number of aliphatic imine (C=N–C) groups is 1. The van der Waals surface area contributed by atoms with Crippen LogP contribution in [-0.2, 0) is 12.8 Å². The topological polar surface area (TPSA) is 69.3 Å². The summed E-state index contributed by atoms with van der Waals surface area (Å²) in [5, 5.41) is 7.95. The standard InChI is InChI=1S/C26H25ClN4O/c1-2-18-6-5-7-22(16-18)30-26(31-25(32)19-10-12-21(27)13-11-19)28-15-14-20-17-29-24-9-4-3-8-23(20)24/h3-13,16-17,29H,2,14-15H2,1H3,(H2,28,30,31,32). The monoisotopic (exact) mass is 444 g/mol. The van der Waals surface area contributed by atoms with Gasteiger partial charge in [-0.15, -0.1) is 0 Å². The predicted molar refractivity (Wildman–Crippen MR) is 133 cm³/mol. The zero-order chi connectivity index (χ0) is 22.3. The van der Waals surface area contributed by atoms with E-state index >= 15 is 0 Å². The molecule has 162 valence electrons. The van der Waals surface area contributed by atoms with Gasteiger partial charge in [0.2, 0.25) is 5.96 Å². The van der Waals surface area contributed by atoms with E-state index in [1.165, 1.54) is 16.5 Å². The van der Waals surface area contributed by atoms with Crippen LogP contribution in [0.25, 0.3) is 10.9 Å². The number of aryl methyl sites for hydroxylation is 1. The van der Waals surface area contributed by atoms with Gasteiger partial charge in [0.15, 0.2) is 0 Å². The molecular weight excluding hydrogens is 420 g/mol. The molecule has 0 fully saturated rings. The van der Waals surface area contributed by atoms with E-state index < -0.39 is 0 Å². The predicted octanol–water partition coefficient (Wildman–Crippen LogP) is 5.82. The number of para-hydroxylation sites is 1. The Morgan fingerprint density at radius 3 is 2.66 bits per heavy atom. The van der Waals surface area contributed by atoms with Crippen LogP contribution in [0, 0.1) is 0 Å². The number of H-pyrrole nitrogens is 1. The SMILES string of the molecule is CCc1cccc(NC(=NCCc2c[nH]c3ccccc23)NC(=O)c2ccc(Cl)cc2)c1. The molecule has 4 aromatic rings. The van der Waals surface area contributed by atoms with Crippen LogP contribution in [0.3, 0.4) is 0 Å². The number of carbonyl (C=O) groups is 1. The molecule has 1 aromatic heterocycles.